The molecule has 0 saturated carbocycles. The number of halogens is 1. The van der Waals surface area contributed by atoms with Crippen LogP contribution < -0.4 is 0 Å². The van der Waals surface area contributed by atoms with Crippen LogP contribution in [0.2, 0.25) is 0 Å². The summed E-state index contributed by atoms with van der Waals surface area (Å²) in [6.45, 7) is 1.22. The lowest BCUT2D eigenvalue weighted by atomic mass is 10.5. The van der Waals surface area contributed by atoms with Crippen LogP contribution in [0.1, 0.15) is 6.92 Å². The molecule has 9 heavy (non-hydrogen) atoms. The molecule has 3 nitrogen and oxygen atoms in total. The third-order valence-electron chi connectivity index (χ3n) is 0.696. The van der Waals surface area contributed by atoms with Gasteiger partial charge in [0.25, 0.3) is 0 Å². The van der Waals surface area contributed by atoms with Gasteiger partial charge >= 0.3 is 0 Å². The number of alkyl halides is 1. The Labute approximate surface area is 62.5 Å². The fourth-order valence-corrected chi connectivity index (χ4v) is 0.904. The summed E-state index contributed by atoms with van der Waals surface area (Å²) in [4.78, 5) is 10.4. The Morgan fingerprint density at radius 3 is 1.89 bits per heavy atom. The van der Waals surface area contributed by atoms with Crippen LogP contribution in [0.15, 0.2) is 0 Å². The quantitative estimate of drug-likeness (QED) is 0.624. The number of ketones is 1. The zero-order valence-corrected chi connectivity index (χ0v) is 7.49. The average Bonchev–Trinajstić information content (AvgIpc) is 1.62. The number of carbonyl (C=O) groups is 1. The Bertz CT molecular complexity index is 206. The van der Waals surface area contributed by atoms with Gasteiger partial charge in [-0.15, -0.1) is 0 Å². The monoisotopic (exact) mass is 214 g/mol. The van der Waals surface area contributed by atoms with Gasteiger partial charge in [0.05, 0.1) is 0 Å². The minimum Gasteiger partial charge on any atom is -0.298 e. The first kappa shape index (κ1) is 9.10. The number of hydrogen-bond acceptors (Lipinski definition) is 3. The van der Waals surface area contributed by atoms with Crippen molar-refractivity contribution < 1.29 is 13.2 Å². The Hall–Kier alpha value is 0.1000. The van der Waals surface area contributed by atoms with Crippen molar-refractivity contribution >= 4 is 31.6 Å². The van der Waals surface area contributed by atoms with Crippen molar-refractivity contribution in [1.82, 2.24) is 0 Å². The number of rotatable bonds is 2. The van der Waals surface area contributed by atoms with Gasteiger partial charge in [-0.25, -0.2) is 8.42 Å². The van der Waals surface area contributed by atoms with Gasteiger partial charge < -0.3 is 0 Å². The molecular formula is C4H7BrO3S. The lowest BCUT2D eigenvalue weighted by Crippen LogP contribution is -2.20. The van der Waals surface area contributed by atoms with Crippen molar-refractivity contribution in [2.45, 2.75) is 11.1 Å². The molecule has 0 aliphatic carbocycles. The molecule has 0 aromatic carbocycles. The van der Waals surface area contributed by atoms with Gasteiger partial charge in [-0.05, 0) is 6.92 Å². The lowest BCUT2D eigenvalue weighted by molar-refractivity contribution is -0.115. The number of Topliss-reactive ketones (excluding diaryl/α,β-unsaturated/α-hetero) is 1. The average molecular weight is 215 g/mol. The Kier molecular flexibility index (Phi) is 2.82. The molecule has 0 aliphatic heterocycles. The van der Waals surface area contributed by atoms with E-state index in [9.17, 15) is 13.2 Å². The Morgan fingerprint density at radius 1 is 1.56 bits per heavy atom. The molecule has 0 aliphatic rings. The maximum atomic E-state index is 10.5. The van der Waals surface area contributed by atoms with Crippen molar-refractivity contribution in [3.63, 3.8) is 0 Å². The minimum atomic E-state index is -3.23. The number of sulfone groups is 1. The summed E-state index contributed by atoms with van der Waals surface area (Å²) in [6, 6.07) is 0. The van der Waals surface area contributed by atoms with E-state index in [0.717, 1.165) is 6.26 Å². The molecule has 0 saturated heterocycles. The van der Waals surface area contributed by atoms with Crippen molar-refractivity contribution in [2.75, 3.05) is 6.26 Å². The molecule has 5 heteroatoms. The van der Waals surface area contributed by atoms with Gasteiger partial charge in [-0.3, -0.25) is 4.79 Å². The summed E-state index contributed by atoms with van der Waals surface area (Å²) >= 11 is 2.73. The van der Waals surface area contributed by atoms with E-state index in [2.05, 4.69) is 15.9 Å². The summed E-state index contributed by atoms with van der Waals surface area (Å²) in [7, 11) is -3.23. The highest BCUT2D eigenvalue weighted by Crippen LogP contribution is 2.07. The van der Waals surface area contributed by atoms with Crippen LogP contribution in [0, 0.1) is 0 Å². The molecule has 0 spiro atoms. The molecule has 0 bridgehead atoms. The fraction of sp³-hybridized carbons (Fsp3) is 0.750. The third-order valence-corrected chi connectivity index (χ3v) is 4.46. The Balaban J connectivity index is 4.43. The van der Waals surface area contributed by atoms with E-state index in [1.807, 2.05) is 0 Å². The smallest absolute Gasteiger partial charge is 0.173 e. The van der Waals surface area contributed by atoms with Crippen LogP contribution >= 0.6 is 15.9 Å². The molecular weight excluding hydrogens is 208 g/mol. The second-order valence-electron chi connectivity index (χ2n) is 1.76. The molecule has 0 heterocycles. The third kappa shape index (κ3) is 2.95. The Morgan fingerprint density at radius 2 is 1.89 bits per heavy atom. The van der Waals surface area contributed by atoms with Crippen molar-refractivity contribution in [3.8, 4) is 0 Å². The van der Waals surface area contributed by atoms with Crippen molar-refractivity contribution in [3.05, 3.63) is 0 Å². The van der Waals surface area contributed by atoms with Crippen molar-refractivity contribution in [1.29, 1.82) is 0 Å². The van der Waals surface area contributed by atoms with E-state index in [-0.39, 0.29) is 0 Å². The number of carbonyl (C=O) groups excluding carboxylic acids is 1. The maximum absolute atomic E-state index is 10.5. The largest absolute Gasteiger partial charge is 0.298 e. The van der Waals surface area contributed by atoms with Gasteiger partial charge in [-0.1, -0.05) is 15.9 Å². The number of hydrogen-bond donors (Lipinski definition) is 0. The van der Waals surface area contributed by atoms with Gasteiger partial charge in [0.1, 0.15) is 0 Å². The molecule has 1 unspecified atom stereocenters. The summed E-state index contributed by atoms with van der Waals surface area (Å²) < 4.78 is 20.0. The van der Waals surface area contributed by atoms with Crippen LogP contribution in [-0.2, 0) is 14.6 Å². The zero-order chi connectivity index (χ0) is 7.65. The highest BCUT2D eigenvalue weighted by molar-refractivity contribution is 9.11. The molecule has 0 rings (SSSR count). The first-order chi connectivity index (χ1) is 3.85. The van der Waals surface area contributed by atoms with E-state index in [1.165, 1.54) is 6.92 Å². The predicted molar refractivity (Wildman–Crippen MR) is 38.2 cm³/mol. The SMILES string of the molecule is CC(=O)C(Br)S(C)(=O)=O. The first-order valence-corrected chi connectivity index (χ1v) is 5.06. The molecule has 0 amide bonds. The topological polar surface area (TPSA) is 51.2 Å². The fourth-order valence-electron chi connectivity index (χ4n) is 0.301. The highest BCUT2D eigenvalue weighted by Gasteiger charge is 2.20. The van der Waals surface area contributed by atoms with Crippen LogP contribution in [0.3, 0.4) is 0 Å². The van der Waals surface area contributed by atoms with E-state index >= 15 is 0 Å². The van der Waals surface area contributed by atoms with Crippen molar-refractivity contribution in [2.24, 2.45) is 0 Å². The van der Waals surface area contributed by atoms with Gasteiger partial charge in [-0.2, -0.15) is 0 Å². The summed E-state index contributed by atoms with van der Waals surface area (Å²) in [5.74, 6) is -0.391. The van der Waals surface area contributed by atoms with Gasteiger partial charge in [0, 0.05) is 6.26 Å². The van der Waals surface area contributed by atoms with E-state index < -0.39 is 19.8 Å². The van der Waals surface area contributed by atoms with Crippen LogP contribution in [0.4, 0.5) is 0 Å². The molecule has 1 atom stereocenters. The van der Waals surface area contributed by atoms with E-state index in [1.54, 1.807) is 0 Å². The van der Waals surface area contributed by atoms with Crippen LogP contribution in [0.5, 0.6) is 0 Å². The molecule has 0 aromatic rings. The zero-order valence-electron chi connectivity index (χ0n) is 5.09. The maximum Gasteiger partial charge on any atom is 0.173 e. The second-order valence-corrected chi connectivity index (χ2v) is 5.41. The summed E-state index contributed by atoms with van der Waals surface area (Å²) in [5.41, 5.74) is 0. The minimum absolute atomic E-state index is 0.391. The second kappa shape index (κ2) is 2.79. The molecule has 0 aromatic heterocycles. The molecule has 0 radical (unpaired) electrons. The van der Waals surface area contributed by atoms with E-state index in [0.29, 0.717) is 0 Å². The standard InChI is InChI=1S/C4H7BrO3S/c1-3(6)4(5)9(2,7)8/h4H,1-2H3. The van der Waals surface area contributed by atoms with Crippen LogP contribution in [0.25, 0.3) is 0 Å². The predicted octanol–water partition coefficient (Wildman–Crippen LogP) is 0.341. The highest BCUT2D eigenvalue weighted by atomic mass is 79.9. The van der Waals surface area contributed by atoms with Gasteiger partial charge in [0.2, 0.25) is 0 Å². The molecule has 0 N–H and O–H groups in total. The van der Waals surface area contributed by atoms with Gasteiger partial charge in [0.15, 0.2) is 19.8 Å². The first-order valence-electron chi connectivity index (χ1n) is 2.19. The molecule has 54 valence electrons. The van der Waals surface area contributed by atoms with Crippen LogP contribution in [-0.4, -0.2) is 24.6 Å². The van der Waals surface area contributed by atoms with E-state index in [4.69, 9.17) is 0 Å². The summed E-state index contributed by atoms with van der Waals surface area (Å²) in [5, 5.41) is 0. The summed E-state index contributed by atoms with van der Waals surface area (Å²) in [6.07, 6.45) is 1.01. The molecule has 0 fully saturated rings. The normalized spacial score (nSPS) is 15.0. The lowest BCUT2D eigenvalue weighted by Gasteiger charge is -1.99.